The zero-order valence-electron chi connectivity index (χ0n) is 11.6. The Morgan fingerprint density at radius 3 is 2.22 bits per heavy atom. The number of nitrogens with one attached hydrogen (secondary N) is 1. The molecule has 1 rings (SSSR count). The summed E-state index contributed by atoms with van der Waals surface area (Å²) in [6, 6.07) is 6.44. The van der Waals surface area contributed by atoms with Crippen molar-refractivity contribution in [1.29, 1.82) is 0 Å². The van der Waals surface area contributed by atoms with Gasteiger partial charge in [-0.1, -0.05) is 19.9 Å². The maximum Gasteiger partial charge on any atom is 0.119 e. The van der Waals surface area contributed by atoms with Crippen molar-refractivity contribution < 1.29 is 9.84 Å². The maximum absolute atomic E-state index is 9.71. The van der Waals surface area contributed by atoms with E-state index >= 15 is 0 Å². The fourth-order valence-corrected chi connectivity index (χ4v) is 1.64. The van der Waals surface area contributed by atoms with Gasteiger partial charge in [-0.15, -0.1) is 12.4 Å². The van der Waals surface area contributed by atoms with Gasteiger partial charge in [-0.3, -0.25) is 0 Å². The largest absolute Gasteiger partial charge is 0.491 e. The van der Waals surface area contributed by atoms with Crippen LogP contribution in [-0.2, 0) is 0 Å². The summed E-state index contributed by atoms with van der Waals surface area (Å²) in [4.78, 5) is 0. The van der Waals surface area contributed by atoms with Crippen molar-refractivity contribution in [2.45, 2.75) is 39.8 Å². The van der Waals surface area contributed by atoms with Crippen molar-refractivity contribution >= 4 is 12.4 Å². The number of hydrogen-bond acceptors (Lipinski definition) is 3. The predicted molar refractivity (Wildman–Crippen MR) is 77.8 cm³/mol. The smallest absolute Gasteiger partial charge is 0.119 e. The van der Waals surface area contributed by atoms with Gasteiger partial charge in [0.1, 0.15) is 18.5 Å². The summed E-state index contributed by atoms with van der Waals surface area (Å²) in [5.74, 6) is 0.825. The second-order valence-electron chi connectivity index (χ2n) is 4.85. The first-order valence-electron chi connectivity index (χ1n) is 6.10. The third-order valence-corrected chi connectivity index (χ3v) is 2.40. The molecular weight excluding hydrogens is 250 g/mol. The molecule has 104 valence electrons. The lowest BCUT2D eigenvalue weighted by Gasteiger charge is -2.15. The normalized spacial score (nSPS) is 12.1. The van der Waals surface area contributed by atoms with Gasteiger partial charge in [0.2, 0.25) is 0 Å². The van der Waals surface area contributed by atoms with E-state index < -0.39 is 6.10 Å². The van der Waals surface area contributed by atoms with Gasteiger partial charge in [-0.25, -0.2) is 0 Å². The number of ether oxygens (including phenoxy) is 1. The van der Waals surface area contributed by atoms with Crippen molar-refractivity contribution in [2.24, 2.45) is 0 Å². The molecule has 1 aromatic rings. The van der Waals surface area contributed by atoms with Crippen molar-refractivity contribution in [3.8, 4) is 5.75 Å². The molecule has 1 atom stereocenters. The van der Waals surface area contributed by atoms with Crippen LogP contribution >= 0.6 is 12.4 Å². The minimum Gasteiger partial charge on any atom is -0.491 e. The van der Waals surface area contributed by atoms with Crippen LogP contribution in [0.5, 0.6) is 5.75 Å². The standard InChI is InChI=1S/C14H23NO2.ClH/c1-10(2)15-8-13(16)9-17-14-6-11(3)5-12(4)7-14;/h5-7,10,13,15-16H,8-9H2,1-4H3;1H. The highest BCUT2D eigenvalue weighted by molar-refractivity contribution is 5.85. The average Bonchev–Trinajstić information content (AvgIpc) is 2.22. The Morgan fingerprint density at radius 1 is 1.17 bits per heavy atom. The SMILES string of the molecule is Cc1cc(C)cc(OCC(O)CNC(C)C)c1.Cl. The van der Waals surface area contributed by atoms with E-state index in [1.807, 2.05) is 26.0 Å². The van der Waals surface area contributed by atoms with Gasteiger partial charge in [0.15, 0.2) is 0 Å². The van der Waals surface area contributed by atoms with Crippen molar-refractivity contribution in [1.82, 2.24) is 5.32 Å². The number of halogens is 1. The van der Waals surface area contributed by atoms with Crippen LogP contribution in [0, 0.1) is 13.8 Å². The summed E-state index contributed by atoms with van der Waals surface area (Å²) in [5.41, 5.74) is 2.35. The highest BCUT2D eigenvalue weighted by Gasteiger charge is 2.06. The van der Waals surface area contributed by atoms with Gasteiger partial charge in [-0.2, -0.15) is 0 Å². The topological polar surface area (TPSA) is 41.5 Å². The monoisotopic (exact) mass is 273 g/mol. The molecule has 0 spiro atoms. The molecule has 0 aliphatic carbocycles. The third kappa shape index (κ3) is 6.84. The lowest BCUT2D eigenvalue weighted by atomic mass is 10.1. The van der Waals surface area contributed by atoms with E-state index in [9.17, 15) is 5.11 Å². The van der Waals surface area contributed by atoms with Crippen LogP contribution in [-0.4, -0.2) is 30.4 Å². The minimum atomic E-state index is -0.474. The van der Waals surface area contributed by atoms with Crippen LogP contribution in [0.15, 0.2) is 18.2 Å². The predicted octanol–water partition coefficient (Wildman–Crippen LogP) is 2.46. The third-order valence-electron chi connectivity index (χ3n) is 2.40. The van der Waals surface area contributed by atoms with E-state index in [0.29, 0.717) is 19.2 Å². The Labute approximate surface area is 116 Å². The molecule has 0 saturated carbocycles. The molecule has 0 heterocycles. The lowest BCUT2D eigenvalue weighted by Crippen LogP contribution is -2.35. The first-order chi connectivity index (χ1) is 7.97. The van der Waals surface area contributed by atoms with E-state index in [-0.39, 0.29) is 12.4 Å². The Hall–Kier alpha value is -0.770. The van der Waals surface area contributed by atoms with Gasteiger partial charge >= 0.3 is 0 Å². The van der Waals surface area contributed by atoms with Crippen molar-refractivity contribution in [3.63, 3.8) is 0 Å². The maximum atomic E-state index is 9.71. The second-order valence-corrected chi connectivity index (χ2v) is 4.85. The Bertz CT molecular complexity index is 335. The summed E-state index contributed by atoms with van der Waals surface area (Å²) in [6.07, 6.45) is -0.474. The van der Waals surface area contributed by atoms with Crippen LogP contribution in [0.2, 0.25) is 0 Å². The first kappa shape index (κ1) is 17.2. The number of aryl methyl sites for hydroxylation is 2. The number of aliphatic hydroxyl groups excluding tert-OH is 1. The molecule has 1 unspecified atom stereocenters. The van der Waals surface area contributed by atoms with E-state index in [4.69, 9.17) is 4.74 Å². The van der Waals surface area contributed by atoms with E-state index in [0.717, 1.165) is 5.75 Å². The van der Waals surface area contributed by atoms with Crippen LogP contribution in [0.1, 0.15) is 25.0 Å². The van der Waals surface area contributed by atoms with Crippen LogP contribution in [0.4, 0.5) is 0 Å². The van der Waals surface area contributed by atoms with Gasteiger partial charge in [0.05, 0.1) is 0 Å². The van der Waals surface area contributed by atoms with Crippen LogP contribution in [0.25, 0.3) is 0 Å². The zero-order valence-corrected chi connectivity index (χ0v) is 12.4. The summed E-state index contributed by atoms with van der Waals surface area (Å²) >= 11 is 0. The molecule has 0 fully saturated rings. The summed E-state index contributed by atoms with van der Waals surface area (Å²) in [6.45, 7) is 9.06. The fourth-order valence-electron chi connectivity index (χ4n) is 1.64. The van der Waals surface area contributed by atoms with Crippen molar-refractivity contribution in [3.05, 3.63) is 29.3 Å². The quantitative estimate of drug-likeness (QED) is 0.837. The highest BCUT2D eigenvalue weighted by Crippen LogP contribution is 2.16. The highest BCUT2D eigenvalue weighted by atomic mass is 35.5. The van der Waals surface area contributed by atoms with E-state index in [1.165, 1.54) is 11.1 Å². The Balaban J connectivity index is 0.00000289. The van der Waals surface area contributed by atoms with E-state index in [1.54, 1.807) is 0 Å². The van der Waals surface area contributed by atoms with Gasteiger partial charge in [0.25, 0.3) is 0 Å². The fraction of sp³-hybridized carbons (Fsp3) is 0.571. The molecule has 3 nitrogen and oxygen atoms in total. The van der Waals surface area contributed by atoms with Gasteiger partial charge < -0.3 is 15.2 Å². The molecule has 0 saturated heterocycles. The van der Waals surface area contributed by atoms with Crippen LogP contribution < -0.4 is 10.1 Å². The molecular formula is C14H24ClNO2. The molecule has 0 bridgehead atoms. The van der Waals surface area contributed by atoms with Crippen molar-refractivity contribution in [2.75, 3.05) is 13.2 Å². The molecule has 0 amide bonds. The molecule has 0 aromatic heterocycles. The van der Waals surface area contributed by atoms with Gasteiger partial charge in [-0.05, 0) is 37.1 Å². The number of hydrogen-bond donors (Lipinski definition) is 2. The second kappa shape index (κ2) is 8.35. The number of benzene rings is 1. The number of rotatable bonds is 6. The number of aliphatic hydroxyl groups is 1. The van der Waals surface area contributed by atoms with Gasteiger partial charge in [0, 0.05) is 12.6 Å². The van der Waals surface area contributed by atoms with Crippen LogP contribution in [0.3, 0.4) is 0 Å². The molecule has 0 radical (unpaired) electrons. The molecule has 1 aromatic carbocycles. The Kier molecular flexibility index (Phi) is 8.00. The lowest BCUT2D eigenvalue weighted by molar-refractivity contribution is 0.104. The first-order valence-corrected chi connectivity index (χ1v) is 6.10. The molecule has 0 aliphatic heterocycles. The summed E-state index contributed by atoms with van der Waals surface area (Å²) in [5, 5.41) is 12.9. The average molecular weight is 274 g/mol. The Morgan fingerprint density at radius 2 is 1.72 bits per heavy atom. The molecule has 2 N–H and O–H groups in total. The molecule has 4 heteroatoms. The molecule has 18 heavy (non-hydrogen) atoms. The molecule has 0 aliphatic rings. The zero-order chi connectivity index (χ0) is 12.8. The minimum absolute atomic E-state index is 0. The summed E-state index contributed by atoms with van der Waals surface area (Å²) < 4.78 is 5.57. The summed E-state index contributed by atoms with van der Waals surface area (Å²) in [7, 11) is 0. The van der Waals surface area contributed by atoms with E-state index in [2.05, 4.69) is 25.2 Å².